The van der Waals surface area contributed by atoms with Crippen molar-refractivity contribution in [2.45, 2.75) is 50.4 Å². The van der Waals surface area contributed by atoms with E-state index >= 15 is 0 Å². The minimum Gasteiger partial charge on any atom is -0.316 e. The highest BCUT2D eigenvalue weighted by molar-refractivity contribution is 7.99. The number of nitrogens with one attached hydrogen (secondary N) is 1. The van der Waals surface area contributed by atoms with Gasteiger partial charge in [-0.3, -0.25) is 4.90 Å². The van der Waals surface area contributed by atoms with Gasteiger partial charge in [0, 0.05) is 29.9 Å². The monoisotopic (exact) mass is 254 g/mol. The molecule has 3 heterocycles. The van der Waals surface area contributed by atoms with Gasteiger partial charge in [0.2, 0.25) is 0 Å². The maximum absolute atomic E-state index is 3.58. The quantitative estimate of drug-likeness (QED) is 0.772. The van der Waals surface area contributed by atoms with Crippen LogP contribution >= 0.6 is 11.8 Å². The van der Waals surface area contributed by atoms with E-state index in [4.69, 9.17) is 0 Å². The standard InChI is InChI=1S/C14H26N2S/c1-10-13(5-4-6-17-10)16-9-11-7-15-8-12(11)14(16,2)3/h10-13,15H,4-9H2,1-3H3. The van der Waals surface area contributed by atoms with Crippen LogP contribution in [0.25, 0.3) is 0 Å². The van der Waals surface area contributed by atoms with Gasteiger partial charge < -0.3 is 5.32 Å². The molecule has 3 heteroatoms. The second-order valence-corrected chi connectivity index (χ2v) is 8.10. The first kappa shape index (κ1) is 12.3. The topological polar surface area (TPSA) is 15.3 Å². The lowest BCUT2D eigenvalue weighted by molar-refractivity contribution is 0.0822. The highest BCUT2D eigenvalue weighted by Gasteiger charge is 2.52. The summed E-state index contributed by atoms with van der Waals surface area (Å²) in [5.74, 6) is 3.16. The van der Waals surface area contributed by atoms with Crippen LogP contribution in [0, 0.1) is 11.8 Å². The molecule has 0 spiro atoms. The summed E-state index contributed by atoms with van der Waals surface area (Å²) in [7, 11) is 0. The molecule has 0 radical (unpaired) electrons. The number of hydrogen-bond acceptors (Lipinski definition) is 3. The van der Waals surface area contributed by atoms with E-state index in [2.05, 4.69) is 42.7 Å². The third kappa shape index (κ3) is 1.95. The van der Waals surface area contributed by atoms with E-state index in [1.807, 2.05) is 0 Å². The maximum Gasteiger partial charge on any atom is 0.0217 e. The summed E-state index contributed by atoms with van der Waals surface area (Å²) >= 11 is 2.18. The summed E-state index contributed by atoms with van der Waals surface area (Å²) in [4.78, 5) is 2.86. The van der Waals surface area contributed by atoms with Crippen LogP contribution in [0.5, 0.6) is 0 Å². The first-order valence-electron chi connectivity index (χ1n) is 7.20. The normalized spacial score (nSPS) is 46.1. The first-order valence-corrected chi connectivity index (χ1v) is 8.24. The minimum atomic E-state index is 0.408. The zero-order chi connectivity index (χ0) is 12.0. The number of hydrogen-bond donors (Lipinski definition) is 1. The predicted molar refractivity (Wildman–Crippen MR) is 75.6 cm³/mol. The Hall–Kier alpha value is 0.270. The molecule has 0 aliphatic carbocycles. The molecule has 17 heavy (non-hydrogen) atoms. The van der Waals surface area contributed by atoms with E-state index in [0.29, 0.717) is 5.54 Å². The van der Waals surface area contributed by atoms with Gasteiger partial charge in [0.05, 0.1) is 0 Å². The molecular weight excluding hydrogens is 228 g/mol. The Morgan fingerprint density at radius 2 is 2.12 bits per heavy atom. The van der Waals surface area contributed by atoms with Gasteiger partial charge in [-0.05, 0) is 50.8 Å². The Bertz CT molecular complexity index is 292. The molecule has 0 aromatic carbocycles. The highest BCUT2D eigenvalue weighted by atomic mass is 32.2. The van der Waals surface area contributed by atoms with Gasteiger partial charge in [0.1, 0.15) is 0 Å². The summed E-state index contributed by atoms with van der Waals surface area (Å²) < 4.78 is 0. The summed E-state index contributed by atoms with van der Waals surface area (Å²) in [6.45, 7) is 11.2. The van der Waals surface area contributed by atoms with Crippen molar-refractivity contribution in [1.82, 2.24) is 10.2 Å². The van der Waals surface area contributed by atoms with Gasteiger partial charge in [-0.25, -0.2) is 0 Å². The van der Waals surface area contributed by atoms with Crippen molar-refractivity contribution in [1.29, 1.82) is 0 Å². The second-order valence-electron chi connectivity index (χ2n) is 6.62. The van der Waals surface area contributed by atoms with Crippen LogP contribution in [0.3, 0.4) is 0 Å². The molecule has 0 aromatic rings. The number of nitrogens with zero attached hydrogens (tertiary/aromatic N) is 1. The molecule has 3 rings (SSSR count). The molecule has 3 aliphatic rings. The van der Waals surface area contributed by atoms with Crippen molar-refractivity contribution in [3.05, 3.63) is 0 Å². The molecule has 98 valence electrons. The van der Waals surface area contributed by atoms with Crippen molar-refractivity contribution in [3.8, 4) is 0 Å². The van der Waals surface area contributed by atoms with Crippen molar-refractivity contribution in [3.63, 3.8) is 0 Å². The van der Waals surface area contributed by atoms with Crippen molar-refractivity contribution < 1.29 is 0 Å². The Labute approximate surface area is 110 Å². The average molecular weight is 254 g/mol. The molecule has 2 nitrogen and oxygen atoms in total. The van der Waals surface area contributed by atoms with E-state index in [9.17, 15) is 0 Å². The zero-order valence-corrected chi connectivity index (χ0v) is 12.2. The average Bonchev–Trinajstić information content (AvgIpc) is 2.83. The maximum atomic E-state index is 3.58. The summed E-state index contributed by atoms with van der Waals surface area (Å²) in [5, 5.41) is 4.41. The van der Waals surface area contributed by atoms with E-state index in [1.54, 1.807) is 0 Å². The fraction of sp³-hybridized carbons (Fsp3) is 1.00. The van der Waals surface area contributed by atoms with E-state index in [0.717, 1.165) is 23.1 Å². The molecule has 0 bridgehead atoms. The molecule has 0 aromatic heterocycles. The Morgan fingerprint density at radius 3 is 2.82 bits per heavy atom. The van der Waals surface area contributed by atoms with Gasteiger partial charge >= 0.3 is 0 Å². The molecule has 4 atom stereocenters. The van der Waals surface area contributed by atoms with Crippen LogP contribution in [0.15, 0.2) is 0 Å². The third-order valence-electron chi connectivity index (χ3n) is 5.39. The van der Waals surface area contributed by atoms with Crippen molar-refractivity contribution in [2.24, 2.45) is 11.8 Å². The summed E-state index contributed by atoms with van der Waals surface area (Å²) in [6, 6.07) is 0.828. The van der Waals surface area contributed by atoms with Crippen LogP contribution in [0.2, 0.25) is 0 Å². The van der Waals surface area contributed by atoms with Crippen LogP contribution in [0.4, 0.5) is 0 Å². The molecule has 0 amide bonds. The number of rotatable bonds is 1. The number of likely N-dealkylation sites (tertiary alicyclic amines) is 1. The Kier molecular flexibility index (Phi) is 3.21. The van der Waals surface area contributed by atoms with E-state index in [1.165, 1.54) is 38.2 Å². The van der Waals surface area contributed by atoms with Crippen LogP contribution < -0.4 is 5.32 Å². The molecule has 1 N–H and O–H groups in total. The van der Waals surface area contributed by atoms with Gasteiger partial charge in [0.15, 0.2) is 0 Å². The van der Waals surface area contributed by atoms with Crippen molar-refractivity contribution >= 4 is 11.8 Å². The molecule has 3 aliphatic heterocycles. The predicted octanol–water partition coefficient (Wildman–Crippen LogP) is 2.20. The van der Waals surface area contributed by atoms with Crippen LogP contribution in [0.1, 0.15) is 33.6 Å². The largest absolute Gasteiger partial charge is 0.316 e. The molecule has 0 saturated carbocycles. The first-order chi connectivity index (χ1) is 8.10. The van der Waals surface area contributed by atoms with Crippen LogP contribution in [-0.2, 0) is 0 Å². The number of fused-ring (bicyclic) bond motifs is 1. The molecule has 4 unspecified atom stereocenters. The SMILES string of the molecule is CC1SCCCC1N1CC2CNCC2C1(C)C. The van der Waals surface area contributed by atoms with Gasteiger partial charge in [-0.15, -0.1) is 0 Å². The minimum absolute atomic E-state index is 0.408. The van der Waals surface area contributed by atoms with E-state index in [-0.39, 0.29) is 0 Å². The fourth-order valence-electron chi connectivity index (χ4n) is 4.33. The number of thioether (sulfide) groups is 1. The smallest absolute Gasteiger partial charge is 0.0217 e. The van der Waals surface area contributed by atoms with E-state index < -0.39 is 0 Å². The van der Waals surface area contributed by atoms with Gasteiger partial charge in [0.25, 0.3) is 0 Å². The lowest BCUT2D eigenvalue weighted by atomic mass is 9.84. The summed E-state index contributed by atoms with van der Waals surface area (Å²) in [6.07, 6.45) is 2.84. The summed E-state index contributed by atoms with van der Waals surface area (Å²) in [5.41, 5.74) is 0.408. The van der Waals surface area contributed by atoms with Crippen molar-refractivity contribution in [2.75, 3.05) is 25.4 Å². The molecular formula is C14H26N2S. The van der Waals surface area contributed by atoms with Crippen LogP contribution in [-0.4, -0.2) is 47.1 Å². The molecule has 3 fully saturated rings. The Balaban J connectivity index is 1.79. The van der Waals surface area contributed by atoms with Gasteiger partial charge in [-0.2, -0.15) is 11.8 Å². The second kappa shape index (κ2) is 4.43. The third-order valence-corrected chi connectivity index (χ3v) is 6.75. The lowest BCUT2D eigenvalue weighted by Crippen LogP contribution is -2.53. The molecule has 3 saturated heterocycles. The highest BCUT2D eigenvalue weighted by Crippen LogP contribution is 2.44. The fourth-order valence-corrected chi connectivity index (χ4v) is 5.54. The Morgan fingerprint density at radius 1 is 1.29 bits per heavy atom. The van der Waals surface area contributed by atoms with Gasteiger partial charge in [-0.1, -0.05) is 6.92 Å². The lowest BCUT2D eigenvalue weighted by Gasteiger charge is -2.45. The zero-order valence-electron chi connectivity index (χ0n) is 11.4.